The Morgan fingerprint density at radius 1 is 1.39 bits per heavy atom. The van der Waals surface area contributed by atoms with E-state index in [0.717, 1.165) is 36.1 Å². The zero-order valence-electron chi connectivity index (χ0n) is 10.2. The molecule has 0 aromatic heterocycles. The molecule has 96 valence electrons. The van der Waals surface area contributed by atoms with Crippen molar-refractivity contribution >= 4 is 21.8 Å². The lowest BCUT2D eigenvalue weighted by Gasteiger charge is -2.26. The van der Waals surface area contributed by atoms with E-state index in [-0.39, 0.29) is 12.1 Å². The van der Waals surface area contributed by atoms with Crippen molar-refractivity contribution < 1.29 is 4.74 Å². The maximum atomic E-state index is 5.98. The summed E-state index contributed by atoms with van der Waals surface area (Å²) in [6.45, 7) is 0. The molecule has 1 heterocycles. The Bertz CT molecular complexity index is 475. The van der Waals surface area contributed by atoms with Gasteiger partial charge in [-0.05, 0) is 37.0 Å². The number of hydrogen-bond donors (Lipinski definition) is 1. The molecule has 2 N–H and O–H groups in total. The number of aliphatic imine (C=N–C) groups is 1. The summed E-state index contributed by atoms with van der Waals surface area (Å²) >= 11 is 3.48. The van der Waals surface area contributed by atoms with E-state index in [1.54, 1.807) is 0 Å². The molecule has 4 heteroatoms. The van der Waals surface area contributed by atoms with Crippen molar-refractivity contribution in [2.45, 2.75) is 43.9 Å². The van der Waals surface area contributed by atoms with E-state index in [1.165, 1.54) is 5.56 Å². The van der Waals surface area contributed by atoms with Gasteiger partial charge in [0.05, 0.1) is 6.04 Å². The molecule has 0 amide bonds. The number of hydrogen-bond acceptors (Lipinski definition) is 3. The van der Waals surface area contributed by atoms with Gasteiger partial charge in [0.2, 0.25) is 0 Å². The zero-order valence-corrected chi connectivity index (χ0v) is 11.8. The van der Waals surface area contributed by atoms with Gasteiger partial charge in [-0.3, -0.25) is 0 Å². The second-order valence-electron chi connectivity index (χ2n) is 5.13. The number of nitrogens with zero attached hydrogens (tertiary/aromatic N) is 1. The molecule has 0 spiro atoms. The fourth-order valence-corrected chi connectivity index (χ4v) is 3.17. The molecule has 3 rings (SSSR count). The van der Waals surface area contributed by atoms with E-state index in [4.69, 9.17) is 10.5 Å². The average molecular weight is 309 g/mol. The first kappa shape index (κ1) is 12.2. The fourth-order valence-electron chi connectivity index (χ4n) is 2.72. The third-order valence-electron chi connectivity index (χ3n) is 3.64. The van der Waals surface area contributed by atoms with Crippen LogP contribution < -0.4 is 5.73 Å². The zero-order chi connectivity index (χ0) is 12.5. The quantitative estimate of drug-likeness (QED) is 0.913. The van der Waals surface area contributed by atoms with Crippen molar-refractivity contribution in [3.63, 3.8) is 0 Å². The largest absolute Gasteiger partial charge is 0.475 e. The van der Waals surface area contributed by atoms with Gasteiger partial charge in [-0.25, -0.2) is 4.99 Å². The van der Waals surface area contributed by atoms with Gasteiger partial charge in [0.1, 0.15) is 6.10 Å². The summed E-state index contributed by atoms with van der Waals surface area (Å²) in [7, 11) is 0. The second-order valence-corrected chi connectivity index (χ2v) is 6.04. The molecule has 1 aromatic carbocycles. The Morgan fingerprint density at radius 3 is 3.11 bits per heavy atom. The summed E-state index contributed by atoms with van der Waals surface area (Å²) in [4.78, 5) is 4.68. The third-order valence-corrected chi connectivity index (χ3v) is 4.13. The van der Waals surface area contributed by atoms with Crippen LogP contribution in [0.4, 0.5) is 0 Å². The van der Waals surface area contributed by atoms with Crippen LogP contribution in [0, 0.1) is 0 Å². The summed E-state index contributed by atoms with van der Waals surface area (Å²) in [6.07, 6.45) is 4.11. The van der Waals surface area contributed by atoms with Crippen molar-refractivity contribution in [2.24, 2.45) is 10.7 Å². The molecule has 18 heavy (non-hydrogen) atoms. The van der Waals surface area contributed by atoms with Gasteiger partial charge in [0, 0.05) is 16.9 Å². The lowest BCUT2D eigenvalue weighted by atomic mass is 9.90. The maximum Gasteiger partial charge on any atom is 0.188 e. The molecule has 1 saturated carbocycles. The van der Waals surface area contributed by atoms with E-state index in [2.05, 4.69) is 33.1 Å². The van der Waals surface area contributed by atoms with Gasteiger partial charge in [-0.15, -0.1) is 0 Å². The molecule has 0 bridgehead atoms. The number of benzene rings is 1. The van der Waals surface area contributed by atoms with Crippen molar-refractivity contribution in [1.29, 1.82) is 0 Å². The second kappa shape index (κ2) is 5.02. The Hall–Kier alpha value is -0.870. The van der Waals surface area contributed by atoms with Gasteiger partial charge in [0.25, 0.3) is 0 Å². The summed E-state index contributed by atoms with van der Waals surface area (Å²) in [5.41, 5.74) is 7.21. The van der Waals surface area contributed by atoms with Crippen molar-refractivity contribution in [2.75, 3.05) is 0 Å². The minimum atomic E-state index is 0.270. The average Bonchev–Trinajstić information content (AvgIpc) is 2.70. The highest BCUT2D eigenvalue weighted by molar-refractivity contribution is 9.10. The molecule has 0 saturated heterocycles. The lowest BCUT2D eigenvalue weighted by Crippen LogP contribution is -2.37. The van der Waals surface area contributed by atoms with Gasteiger partial charge < -0.3 is 10.5 Å². The Morgan fingerprint density at radius 2 is 2.28 bits per heavy atom. The molecule has 3 unspecified atom stereocenters. The highest BCUT2D eigenvalue weighted by Gasteiger charge is 2.35. The lowest BCUT2D eigenvalue weighted by molar-refractivity contribution is 0.142. The van der Waals surface area contributed by atoms with E-state index in [1.807, 2.05) is 12.1 Å². The molecule has 1 aliphatic heterocycles. The topological polar surface area (TPSA) is 47.6 Å². The SMILES string of the molecule is NC1CCC2OC(Cc3cccc(Br)c3)=NC2C1. The normalized spacial score (nSPS) is 30.6. The first-order chi connectivity index (χ1) is 8.70. The van der Waals surface area contributed by atoms with Crippen LogP contribution in [0.25, 0.3) is 0 Å². The summed E-state index contributed by atoms with van der Waals surface area (Å²) in [5, 5.41) is 0. The Kier molecular flexibility index (Phi) is 3.39. The minimum absolute atomic E-state index is 0.270. The van der Waals surface area contributed by atoms with Crippen molar-refractivity contribution in [3.8, 4) is 0 Å². The minimum Gasteiger partial charge on any atom is -0.475 e. The number of rotatable bonds is 2. The van der Waals surface area contributed by atoms with Crippen LogP contribution >= 0.6 is 15.9 Å². The number of halogens is 1. The highest BCUT2D eigenvalue weighted by Crippen LogP contribution is 2.29. The van der Waals surface area contributed by atoms with Gasteiger partial charge in [-0.1, -0.05) is 28.1 Å². The fraction of sp³-hybridized carbons (Fsp3) is 0.500. The molecule has 3 atom stereocenters. The molecule has 0 radical (unpaired) electrons. The van der Waals surface area contributed by atoms with Crippen LogP contribution in [0.1, 0.15) is 24.8 Å². The molecule has 1 fully saturated rings. The number of nitrogens with two attached hydrogens (primary N) is 1. The van der Waals surface area contributed by atoms with Crippen molar-refractivity contribution in [1.82, 2.24) is 0 Å². The summed E-state index contributed by atoms with van der Waals surface area (Å²) in [5.74, 6) is 0.872. The predicted molar refractivity (Wildman–Crippen MR) is 75.8 cm³/mol. The van der Waals surface area contributed by atoms with Crippen LogP contribution in [0.2, 0.25) is 0 Å². The van der Waals surface area contributed by atoms with Gasteiger partial charge in [0.15, 0.2) is 5.90 Å². The first-order valence-electron chi connectivity index (χ1n) is 6.44. The summed E-state index contributed by atoms with van der Waals surface area (Å²) < 4.78 is 7.03. The van der Waals surface area contributed by atoms with Crippen LogP contribution in [0.3, 0.4) is 0 Å². The Labute approximate surface area is 116 Å². The van der Waals surface area contributed by atoms with Crippen LogP contribution in [-0.4, -0.2) is 24.1 Å². The number of fused-ring (bicyclic) bond motifs is 1. The molecule has 1 aromatic rings. The molecular formula is C14H17BrN2O. The van der Waals surface area contributed by atoms with Crippen LogP contribution in [0.5, 0.6) is 0 Å². The third kappa shape index (κ3) is 2.59. The van der Waals surface area contributed by atoms with Crippen LogP contribution in [-0.2, 0) is 11.2 Å². The van der Waals surface area contributed by atoms with Crippen LogP contribution in [0.15, 0.2) is 33.7 Å². The van der Waals surface area contributed by atoms with E-state index in [9.17, 15) is 0 Å². The van der Waals surface area contributed by atoms with E-state index >= 15 is 0 Å². The maximum absolute atomic E-state index is 5.98. The number of ether oxygens (including phenoxy) is 1. The molecule has 2 aliphatic rings. The van der Waals surface area contributed by atoms with E-state index in [0.29, 0.717) is 6.04 Å². The highest BCUT2D eigenvalue weighted by atomic mass is 79.9. The molecule has 3 nitrogen and oxygen atoms in total. The monoisotopic (exact) mass is 308 g/mol. The smallest absolute Gasteiger partial charge is 0.188 e. The summed E-state index contributed by atoms with van der Waals surface area (Å²) in [6, 6.07) is 8.86. The van der Waals surface area contributed by atoms with Gasteiger partial charge in [-0.2, -0.15) is 0 Å². The Balaban J connectivity index is 1.69. The van der Waals surface area contributed by atoms with E-state index < -0.39 is 0 Å². The standard InChI is InChI=1S/C14H17BrN2O/c15-10-3-1-2-9(6-10)7-14-17-12-8-11(16)4-5-13(12)18-14/h1-3,6,11-13H,4-5,7-8,16H2. The molecular weight excluding hydrogens is 292 g/mol. The van der Waals surface area contributed by atoms with Crippen molar-refractivity contribution in [3.05, 3.63) is 34.3 Å². The predicted octanol–water partition coefficient (Wildman–Crippen LogP) is 2.67. The first-order valence-corrected chi connectivity index (χ1v) is 7.23. The van der Waals surface area contributed by atoms with Gasteiger partial charge >= 0.3 is 0 Å². The molecule has 1 aliphatic carbocycles.